The molecule has 0 saturated carbocycles. The highest BCUT2D eigenvalue weighted by atomic mass is 32.2. The maximum Gasteiger partial charge on any atom is 0.326 e. The van der Waals surface area contributed by atoms with E-state index >= 15 is 0 Å². The lowest BCUT2D eigenvalue weighted by Crippen LogP contribution is -2.39. The van der Waals surface area contributed by atoms with Gasteiger partial charge in [0.05, 0.1) is 25.2 Å². The third-order valence-electron chi connectivity index (χ3n) is 2.70. The first kappa shape index (κ1) is 13.7. The number of carbonyl (C=O) groups is 2. The molecule has 0 aliphatic carbocycles. The van der Waals surface area contributed by atoms with Gasteiger partial charge >= 0.3 is 5.97 Å². The smallest absolute Gasteiger partial charge is 0.326 e. The average molecular weight is 281 g/mol. The molecular formula is C13H15NO4S. The Bertz CT molecular complexity index is 503. The Balaban J connectivity index is 2.28. The van der Waals surface area contributed by atoms with E-state index in [9.17, 15) is 9.59 Å². The van der Waals surface area contributed by atoms with Gasteiger partial charge in [0.2, 0.25) is 5.91 Å². The highest BCUT2D eigenvalue weighted by molar-refractivity contribution is 8.00. The Morgan fingerprint density at radius 1 is 1.47 bits per heavy atom. The molecule has 0 bridgehead atoms. The average Bonchev–Trinajstić information content (AvgIpc) is 2.42. The second-order valence-electron chi connectivity index (χ2n) is 3.91. The van der Waals surface area contributed by atoms with Crippen molar-refractivity contribution in [1.82, 2.24) is 0 Å². The third kappa shape index (κ3) is 3.01. The van der Waals surface area contributed by atoms with Crippen molar-refractivity contribution in [3.05, 3.63) is 18.2 Å². The molecule has 1 aromatic rings. The predicted molar refractivity (Wildman–Crippen MR) is 72.7 cm³/mol. The quantitative estimate of drug-likeness (QED) is 0.786. The van der Waals surface area contributed by atoms with E-state index in [4.69, 9.17) is 9.47 Å². The first-order chi connectivity index (χ1) is 9.15. The van der Waals surface area contributed by atoms with Crippen LogP contribution in [0.4, 0.5) is 5.69 Å². The summed E-state index contributed by atoms with van der Waals surface area (Å²) in [6, 6.07) is 5.49. The lowest BCUT2D eigenvalue weighted by Gasteiger charge is -2.28. The molecule has 1 aliphatic rings. The van der Waals surface area contributed by atoms with Crippen molar-refractivity contribution in [3.63, 3.8) is 0 Å². The molecule has 0 radical (unpaired) electrons. The molecule has 0 atom stereocenters. The summed E-state index contributed by atoms with van der Waals surface area (Å²) >= 11 is 1.46. The molecule has 1 aromatic carbocycles. The van der Waals surface area contributed by atoms with Crippen LogP contribution in [0.5, 0.6) is 5.75 Å². The summed E-state index contributed by atoms with van der Waals surface area (Å²) in [4.78, 5) is 25.9. The van der Waals surface area contributed by atoms with E-state index in [1.165, 1.54) is 16.7 Å². The number of methoxy groups -OCH3 is 1. The minimum atomic E-state index is -0.406. The molecule has 0 unspecified atom stereocenters. The maximum absolute atomic E-state index is 12.0. The lowest BCUT2D eigenvalue weighted by molar-refractivity contribution is -0.142. The Morgan fingerprint density at radius 2 is 2.26 bits per heavy atom. The van der Waals surface area contributed by atoms with Crippen LogP contribution in [-0.4, -0.2) is 37.9 Å². The number of fused-ring (bicyclic) bond motifs is 1. The van der Waals surface area contributed by atoms with Crippen LogP contribution in [0.15, 0.2) is 23.1 Å². The molecule has 0 N–H and O–H groups in total. The van der Waals surface area contributed by atoms with Gasteiger partial charge in [-0.15, -0.1) is 11.8 Å². The van der Waals surface area contributed by atoms with Crippen molar-refractivity contribution >= 4 is 29.3 Å². The summed E-state index contributed by atoms with van der Waals surface area (Å²) in [5.74, 6) is 0.483. The fourth-order valence-corrected chi connectivity index (χ4v) is 2.73. The van der Waals surface area contributed by atoms with Crippen molar-refractivity contribution in [2.45, 2.75) is 11.8 Å². The highest BCUT2D eigenvalue weighted by Crippen LogP contribution is 2.37. The zero-order chi connectivity index (χ0) is 13.8. The second-order valence-corrected chi connectivity index (χ2v) is 4.92. The maximum atomic E-state index is 12.0. The second kappa shape index (κ2) is 5.97. The summed E-state index contributed by atoms with van der Waals surface area (Å²) < 4.78 is 10.0. The number of carbonyl (C=O) groups excluding carboxylic acids is 2. The van der Waals surface area contributed by atoms with E-state index in [-0.39, 0.29) is 12.5 Å². The first-order valence-electron chi connectivity index (χ1n) is 5.92. The van der Waals surface area contributed by atoms with Crippen LogP contribution >= 0.6 is 11.8 Å². The highest BCUT2D eigenvalue weighted by Gasteiger charge is 2.27. The van der Waals surface area contributed by atoms with Crippen molar-refractivity contribution in [2.24, 2.45) is 0 Å². The van der Waals surface area contributed by atoms with Gasteiger partial charge in [-0.25, -0.2) is 0 Å². The summed E-state index contributed by atoms with van der Waals surface area (Å²) in [5, 5.41) is 0. The van der Waals surface area contributed by atoms with E-state index < -0.39 is 5.97 Å². The van der Waals surface area contributed by atoms with E-state index in [1.54, 1.807) is 20.1 Å². The van der Waals surface area contributed by atoms with Gasteiger partial charge in [0.25, 0.3) is 0 Å². The van der Waals surface area contributed by atoms with E-state index in [0.717, 1.165) is 4.90 Å². The van der Waals surface area contributed by atoms with Gasteiger partial charge in [0.15, 0.2) is 0 Å². The summed E-state index contributed by atoms with van der Waals surface area (Å²) in [6.07, 6.45) is 0. The standard InChI is InChI=1S/C13H15NO4S/c1-3-18-13(16)7-14-10-6-9(17-2)4-5-11(10)19-8-12(14)15/h4-6H,3,7-8H2,1-2H3. The van der Waals surface area contributed by atoms with Crippen LogP contribution in [0.1, 0.15) is 6.92 Å². The number of hydrogen-bond acceptors (Lipinski definition) is 5. The van der Waals surface area contributed by atoms with Gasteiger partial charge < -0.3 is 9.47 Å². The number of rotatable bonds is 4. The summed E-state index contributed by atoms with van der Waals surface area (Å²) in [7, 11) is 1.56. The Labute approximate surface area is 115 Å². The van der Waals surface area contributed by atoms with Crippen molar-refractivity contribution in [3.8, 4) is 5.75 Å². The monoisotopic (exact) mass is 281 g/mol. The van der Waals surface area contributed by atoms with E-state index in [2.05, 4.69) is 0 Å². The minimum absolute atomic E-state index is 0.0621. The minimum Gasteiger partial charge on any atom is -0.497 e. The Morgan fingerprint density at radius 3 is 2.95 bits per heavy atom. The molecule has 0 aromatic heterocycles. The van der Waals surface area contributed by atoms with Crippen molar-refractivity contribution in [2.75, 3.05) is 30.9 Å². The van der Waals surface area contributed by atoms with E-state index in [1.807, 2.05) is 12.1 Å². The Hall–Kier alpha value is -1.69. The molecule has 2 rings (SSSR count). The number of anilines is 1. The summed E-state index contributed by atoms with van der Waals surface area (Å²) in [6.45, 7) is 1.98. The Kier molecular flexibility index (Phi) is 4.31. The van der Waals surface area contributed by atoms with Crippen LogP contribution in [0.25, 0.3) is 0 Å². The topological polar surface area (TPSA) is 55.8 Å². The van der Waals surface area contributed by atoms with Gasteiger partial charge in [-0.2, -0.15) is 0 Å². The SMILES string of the molecule is CCOC(=O)CN1C(=O)CSc2ccc(OC)cc21. The van der Waals surface area contributed by atoms with E-state index in [0.29, 0.717) is 23.8 Å². The van der Waals surface area contributed by atoms with Gasteiger partial charge in [-0.3, -0.25) is 14.5 Å². The first-order valence-corrected chi connectivity index (χ1v) is 6.91. The van der Waals surface area contributed by atoms with Crippen LogP contribution in [0.2, 0.25) is 0 Å². The fourth-order valence-electron chi connectivity index (χ4n) is 1.82. The molecular weight excluding hydrogens is 266 g/mol. The lowest BCUT2D eigenvalue weighted by atomic mass is 10.2. The van der Waals surface area contributed by atoms with Crippen LogP contribution in [-0.2, 0) is 14.3 Å². The number of thioether (sulfide) groups is 1. The fraction of sp³-hybridized carbons (Fsp3) is 0.385. The molecule has 0 spiro atoms. The molecule has 6 heteroatoms. The van der Waals surface area contributed by atoms with Crippen molar-refractivity contribution in [1.29, 1.82) is 0 Å². The number of hydrogen-bond donors (Lipinski definition) is 0. The number of nitrogens with zero attached hydrogens (tertiary/aromatic N) is 1. The third-order valence-corrected chi connectivity index (χ3v) is 3.75. The zero-order valence-corrected chi connectivity index (χ0v) is 11.7. The largest absolute Gasteiger partial charge is 0.497 e. The van der Waals surface area contributed by atoms with Crippen LogP contribution < -0.4 is 9.64 Å². The molecule has 0 saturated heterocycles. The van der Waals surface area contributed by atoms with Gasteiger partial charge in [0, 0.05) is 11.0 Å². The molecule has 1 aliphatic heterocycles. The predicted octanol–water partition coefficient (Wildman–Crippen LogP) is 1.70. The van der Waals surface area contributed by atoms with Crippen LogP contribution in [0.3, 0.4) is 0 Å². The van der Waals surface area contributed by atoms with Gasteiger partial charge in [-0.05, 0) is 19.1 Å². The van der Waals surface area contributed by atoms with Gasteiger partial charge in [0.1, 0.15) is 12.3 Å². The van der Waals surface area contributed by atoms with Crippen molar-refractivity contribution < 1.29 is 19.1 Å². The molecule has 19 heavy (non-hydrogen) atoms. The number of amides is 1. The van der Waals surface area contributed by atoms with Crippen LogP contribution in [0, 0.1) is 0 Å². The molecule has 1 heterocycles. The number of benzene rings is 1. The molecule has 5 nitrogen and oxygen atoms in total. The molecule has 102 valence electrons. The number of esters is 1. The number of ether oxygens (including phenoxy) is 2. The normalized spacial score (nSPS) is 14.0. The zero-order valence-electron chi connectivity index (χ0n) is 10.8. The summed E-state index contributed by atoms with van der Waals surface area (Å²) in [5.41, 5.74) is 0.702. The molecule has 1 amide bonds. The van der Waals surface area contributed by atoms with Gasteiger partial charge in [-0.1, -0.05) is 0 Å². The molecule has 0 fully saturated rings.